The van der Waals surface area contributed by atoms with Crippen LogP contribution in [0.15, 0.2) is 72.2 Å². The van der Waals surface area contributed by atoms with Crippen LogP contribution in [-0.2, 0) is 10.2 Å². The van der Waals surface area contributed by atoms with E-state index in [0.29, 0.717) is 16.3 Å². The highest BCUT2D eigenvalue weighted by atomic mass is 35.5. The van der Waals surface area contributed by atoms with Crippen LogP contribution < -0.4 is 4.90 Å². The number of anilines is 1. The largest absolute Gasteiger partial charge is 0.481 e. The molecular weight excluding hydrogens is 511 g/mol. The van der Waals surface area contributed by atoms with E-state index in [0.717, 1.165) is 27.3 Å². The molecule has 0 fully saturated rings. The quantitative estimate of drug-likeness (QED) is 0.263. The second-order valence-corrected chi connectivity index (χ2v) is 11.0. The van der Waals surface area contributed by atoms with Gasteiger partial charge in [-0.3, -0.25) is 14.6 Å². The highest BCUT2D eigenvalue weighted by Crippen LogP contribution is 2.37. The van der Waals surface area contributed by atoms with Gasteiger partial charge in [0.15, 0.2) is 0 Å². The van der Waals surface area contributed by atoms with Crippen molar-refractivity contribution in [1.29, 1.82) is 0 Å². The van der Waals surface area contributed by atoms with Crippen LogP contribution >= 0.6 is 22.9 Å². The third-order valence-corrected chi connectivity index (χ3v) is 7.15. The summed E-state index contributed by atoms with van der Waals surface area (Å²) in [6.07, 6.45) is 1.57. The average Bonchev–Trinajstić information content (AvgIpc) is 3.34. The molecule has 0 unspecified atom stereocenters. The Morgan fingerprint density at radius 2 is 1.76 bits per heavy atom. The van der Waals surface area contributed by atoms with Crippen molar-refractivity contribution in [3.8, 4) is 21.6 Å². The van der Waals surface area contributed by atoms with Gasteiger partial charge in [-0.15, -0.1) is 11.3 Å². The number of amides is 1. The van der Waals surface area contributed by atoms with E-state index < -0.39 is 17.7 Å². The molecule has 0 aliphatic heterocycles. The van der Waals surface area contributed by atoms with E-state index in [1.165, 1.54) is 29.2 Å². The number of thiophene rings is 1. The lowest BCUT2D eigenvalue weighted by Crippen LogP contribution is -2.33. The molecule has 0 aliphatic carbocycles. The Balaban J connectivity index is 1.61. The summed E-state index contributed by atoms with van der Waals surface area (Å²) < 4.78 is 13.4. The lowest BCUT2D eigenvalue weighted by atomic mass is 9.90. The van der Waals surface area contributed by atoms with Gasteiger partial charge >= 0.3 is 5.97 Å². The van der Waals surface area contributed by atoms with Crippen molar-refractivity contribution in [2.45, 2.75) is 32.6 Å². The number of aliphatic carboxylic acids is 1. The van der Waals surface area contributed by atoms with Gasteiger partial charge in [0, 0.05) is 45.5 Å². The normalized spacial score (nSPS) is 11.4. The average molecular weight is 537 g/mol. The molecule has 190 valence electrons. The van der Waals surface area contributed by atoms with Crippen molar-refractivity contribution in [1.82, 2.24) is 4.98 Å². The van der Waals surface area contributed by atoms with Gasteiger partial charge in [0.05, 0.1) is 11.4 Å². The maximum absolute atomic E-state index is 13.4. The van der Waals surface area contributed by atoms with Crippen molar-refractivity contribution >= 4 is 40.5 Å². The van der Waals surface area contributed by atoms with E-state index in [9.17, 15) is 14.0 Å². The standard InChI is InChI=1S/C29H26ClFN2O3S/c1-29(2,3)26-16-18(10-12-32-26)20-15-25(37-17-20)23-9-4-19(14-24(23)30)28(36)33(13-11-27(34)35)22-7-5-21(31)6-8-22/h4-10,12,14-17H,11,13H2,1-3H3,(H,34,35). The number of carboxylic acids is 1. The number of hydrogen-bond acceptors (Lipinski definition) is 4. The zero-order chi connectivity index (χ0) is 26.7. The minimum absolute atomic E-state index is 0.0596. The summed E-state index contributed by atoms with van der Waals surface area (Å²) >= 11 is 8.18. The summed E-state index contributed by atoms with van der Waals surface area (Å²) in [5.74, 6) is -1.90. The third-order valence-electron chi connectivity index (χ3n) is 5.88. The number of carboxylic acid groups (broad SMARTS) is 1. The van der Waals surface area contributed by atoms with E-state index in [-0.39, 0.29) is 18.4 Å². The number of carbonyl (C=O) groups is 2. The van der Waals surface area contributed by atoms with Crippen LogP contribution in [0.25, 0.3) is 21.6 Å². The number of halogens is 2. The molecule has 0 saturated heterocycles. The molecule has 2 aromatic carbocycles. The Bertz CT molecular complexity index is 1440. The second kappa shape index (κ2) is 10.8. The fourth-order valence-electron chi connectivity index (χ4n) is 3.83. The van der Waals surface area contributed by atoms with Crippen LogP contribution in [0.3, 0.4) is 0 Å². The predicted molar refractivity (Wildman–Crippen MR) is 147 cm³/mol. The number of benzene rings is 2. The Kier molecular flexibility index (Phi) is 7.76. The van der Waals surface area contributed by atoms with E-state index in [4.69, 9.17) is 16.7 Å². The SMILES string of the molecule is CC(C)(C)c1cc(-c2csc(-c3ccc(C(=O)N(CCC(=O)O)c4ccc(F)cc4)cc3Cl)c2)ccn1. The molecule has 5 nitrogen and oxygen atoms in total. The Labute approximate surface area is 224 Å². The summed E-state index contributed by atoms with van der Waals surface area (Å²) in [5.41, 5.74) is 4.57. The summed E-state index contributed by atoms with van der Waals surface area (Å²) in [4.78, 5) is 31.2. The number of nitrogens with zero attached hydrogens (tertiary/aromatic N) is 2. The molecule has 0 saturated carbocycles. The first-order valence-corrected chi connectivity index (χ1v) is 12.9. The highest BCUT2D eigenvalue weighted by Gasteiger charge is 2.21. The van der Waals surface area contributed by atoms with Crippen molar-refractivity contribution in [3.05, 3.63) is 94.3 Å². The van der Waals surface area contributed by atoms with Crippen molar-refractivity contribution in [2.75, 3.05) is 11.4 Å². The Morgan fingerprint density at radius 3 is 2.41 bits per heavy atom. The number of aromatic nitrogens is 1. The number of hydrogen-bond donors (Lipinski definition) is 1. The minimum atomic E-state index is -1.04. The van der Waals surface area contributed by atoms with E-state index in [1.54, 1.807) is 29.5 Å². The topological polar surface area (TPSA) is 70.5 Å². The van der Waals surface area contributed by atoms with E-state index in [1.807, 2.05) is 12.3 Å². The second-order valence-electron chi connectivity index (χ2n) is 9.65. The molecule has 37 heavy (non-hydrogen) atoms. The van der Waals surface area contributed by atoms with E-state index >= 15 is 0 Å². The van der Waals surface area contributed by atoms with Crippen LogP contribution in [0.4, 0.5) is 10.1 Å². The molecule has 4 aromatic rings. The summed E-state index contributed by atoms with van der Waals surface area (Å²) in [6.45, 7) is 6.31. The first kappa shape index (κ1) is 26.5. The van der Waals surface area contributed by atoms with Crippen LogP contribution in [0, 0.1) is 5.82 Å². The van der Waals surface area contributed by atoms with Crippen LogP contribution in [-0.4, -0.2) is 28.5 Å². The molecule has 4 rings (SSSR count). The first-order chi connectivity index (χ1) is 17.5. The van der Waals surface area contributed by atoms with Gasteiger partial charge in [0.2, 0.25) is 0 Å². The Morgan fingerprint density at radius 1 is 1.03 bits per heavy atom. The molecule has 0 atom stereocenters. The fraction of sp³-hybridized carbons (Fsp3) is 0.207. The van der Waals surface area contributed by atoms with Crippen molar-refractivity contribution in [2.24, 2.45) is 0 Å². The van der Waals surface area contributed by atoms with Gasteiger partial charge < -0.3 is 10.0 Å². The molecule has 2 heterocycles. The lowest BCUT2D eigenvalue weighted by Gasteiger charge is -2.22. The maximum atomic E-state index is 13.4. The number of pyridine rings is 1. The first-order valence-electron chi connectivity index (χ1n) is 11.7. The van der Waals surface area contributed by atoms with Crippen molar-refractivity contribution in [3.63, 3.8) is 0 Å². The summed E-state index contributed by atoms with van der Waals surface area (Å²) in [6, 6.07) is 16.5. The third kappa shape index (κ3) is 6.24. The van der Waals surface area contributed by atoms with E-state index in [2.05, 4.69) is 43.3 Å². The zero-order valence-corrected chi connectivity index (χ0v) is 22.2. The smallest absolute Gasteiger partial charge is 0.305 e. The molecule has 2 aromatic heterocycles. The Hall–Kier alpha value is -3.55. The van der Waals surface area contributed by atoms with Gasteiger partial charge in [-0.1, -0.05) is 38.4 Å². The maximum Gasteiger partial charge on any atom is 0.305 e. The van der Waals surface area contributed by atoms with Gasteiger partial charge in [-0.25, -0.2) is 4.39 Å². The van der Waals surface area contributed by atoms with Crippen LogP contribution in [0.5, 0.6) is 0 Å². The fourth-order valence-corrected chi connectivity index (χ4v) is 5.13. The van der Waals surface area contributed by atoms with Crippen LogP contribution in [0.2, 0.25) is 5.02 Å². The van der Waals surface area contributed by atoms with Gasteiger partial charge in [-0.2, -0.15) is 0 Å². The van der Waals surface area contributed by atoms with Gasteiger partial charge in [-0.05, 0) is 71.1 Å². The number of rotatable bonds is 7. The predicted octanol–water partition coefficient (Wildman–Crippen LogP) is 7.69. The van der Waals surface area contributed by atoms with Gasteiger partial charge in [0.1, 0.15) is 5.82 Å². The number of carbonyl (C=O) groups excluding carboxylic acids is 1. The molecule has 0 bridgehead atoms. The summed E-state index contributed by atoms with van der Waals surface area (Å²) in [7, 11) is 0. The zero-order valence-electron chi connectivity index (χ0n) is 20.7. The monoisotopic (exact) mass is 536 g/mol. The molecule has 0 radical (unpaired) electrons. The molecule has 1 N–H and O–H groups in total. The lowest BCUT2D eigenvalue weighted by molar-refractivity contribution is -0.136. The van der Waals surface area contributed by atoms with Crippen LogP contribution in [0.1, 0.15) is 43.2 Å². The molecule has 0 aliphatic rings. The van der Waals surface area contributed by atoms with Crippen molar-refractivity contribution < 1.29 is 19.1 Å². The molecule has 0 spiro atoms. The molecule has 8 heteroatoms. The highest BCUT2D eigenvalue weighted by molar-refractivity contribution is 7.14. The summed E-state index contributed by atoms with van der Waals surface area (Å²) in [5, 5.41) is 11.6. The van der Waals surface area contributed by atoms with Gasteiger partial charge in [0.25, 0.3) is 5.91 Å². The molecule has 1 amide bonds. The minimum Gasteiger partial charge on any atom is -0.481 e. The molecular formula is C29H26ClFN2O3S.